The van der Waals surface area contributed by atoms with Gasteiger partial charge in [-0.15, -0.1) is 0 Å². The number of hydrogen-bond acceptors (Lipinski definition) is 4. The number of carbonyl (C=O) groups is 1. The number of nitrogens with zero attached hydrogens (tertiary/aromatic N) is 3. The topological polar surface area (TPSA) is 60.9 Å². The molecule has 1 aromatic carbocycles. The molecule has 1 amide bonds. The SMILES string of the molecule is CCN1CCN(S(=O)(=O)c2ccc3c(c2)CCN3C(=O)C2CCC2)CC1. The van der Waals surface area contributed by atoms with Gasteiger partial charge in [0.2, 0.25) is 15.9 Å². The van der Waals surface area contributed by atoms with Crippen molar-refractivity contribution >= 4 is 21.6 Å². The van der Waals surface area contributed by atoms with Crippen molar-refractivity contribution in [2.24, 2.45) is 5.92 Å². The minimum atomic E-state index is -3.46. The van der Waals surface area contributed by atoms with Crippen LogP contribution >= 0.6 is 0 Å². The molecule has 7 heteroatoms. The normalized spacial score (nSPS) is 22.3. The van der Waals surface area contributed by atoms with E-state index in [4.69, 9.17) is 0 Å². The molecule has 2 aliphatic heterocycles. The summed E-state index contributed by atoms with van der Waals surface area (Å²) in [6.45, 7) is 6.37. The van der Waals surface area contributed by atoms with Gasteiger partial charge < -0.3 is 9.80 Å². The quantitative estimate of drug-likeness (QED) is 0.801. The van der Waals surface area contributed by atoms with Gasteiger partial charge in [0.1, 0.15) is 0 Å². The van der Waals surface area contributed by atoms with Crippen molar-refractivity contribution < 1.29 is 13.2 Å². The third-order valence-electron chi connectivity index (χ3n) is 6.08. The Morgan fingerprint density at radius 1 is 1.12 bits per heavy atom. The highest BCUT2D eigenvalue weighted by Crippen LogP contribution is 2.36. The Bertz CT molecular complexity index is 796. The van der Waals surface area contributed by atoms with E-state index in [-0.39, 0.29) is 11.8 Å². The second-order valence-electron chi connectivity index (χ2n) is 7.50. The monoisotopic (exact) mass is 377 g/mol. The Kier molecular flexibility index (Phi) is 4.79. The number of hydrogen-bond donors (Lipinski definition) is 0. The Labute approximate surface area is 155 Å². The van der Waals surface area contributed by atoms with E-state index in [0.717, 1.165) is 56.6 Å². The van der Waals surface area contributed by atoms with Crippen LogP contribution in [0, 0.1) is 5.92 Å². The lowest BCUT2D eigenvalue weighted by atomic mass is 9.84. The van der Waals surface area contributed by atoms with E-state index in [0.29, 0.717) is 24.5 Å². The number of rotatable bonds is 4. The molecule has 1 saturated carbocycles. The lowest BCUT2D eigenvalue weighted by molar-refractivity contribution is -0.124. The molecule has 0 radical (unpaired) electrons. The van der Waals surface area contributed by atoms with Crippen LogP contribution < -0.4 is 4.90 Å². The number of likely N-dealkylation sites (N-methyl/N-ethyl adjacent to an activating group) is 1. The summed E-state index contributed by atoms with van der Waals surface area (Å²) in [6, 6.07) is 5.28. The second kappa shape index (κ2) is 6.94. The van der Waals surface area contributed by atoms with Gasteiger partial charge in [0.25, 0.3) is 0 Å². The number of sulfonamides is 1. The second-order valence-corrected chi connectivity index (χ2v) is 9.43. The zero-order chi connectivity index (χ0) is 18.3. The first kappa shape index (κ1) is 17.9. The fourth-order valence-corrected chi connectivity index (χ4v) is 5.55. The minimum Gasteiger partial charge on any atom is -0.312 e. The van der Waals surface area contributed by atoms with E-state index in [9.17, 15) is 13.2 Å². The molecule has 4 rings (SSSR count). The molecule has 26 heavy (non-hydrogen) atoms. The summed E-state index contributed by atoms with van der Waals surface area (Å²) in [5.74, 6) is 0.375. The number of carbonyl (C=O) groups excluding carboxylic acids is 1. The van der Waals surface area contributed by atoms with Crippen LogP contribution in [0.5, 0.6) is 0 Å². The van der Waals surface area contributed by atoms with Crippen molar-refractivity contribution in [3.63, 3.8) is 0 Å². The van der Waals surface area contributed by atoms with Gasteiger partial charge in [-0.2, -0.15) is 4.31 Å². The van der Waals surface area contributed by atoms with Gasteiger partial charge in [-0.05, 0) is 49.6 Å². The molecule has 0 N–H and O–H groups in total. The fraction of sp³-hybridized carbons (Fsp3) is 0.632. The standard InChI is InChI=1S/C19H27N3O3S/c1-2-20-10-12-21(13-11-20)26(24,25)17-6-7-18-16(14-17)8-9-22(18)19(23)15-4-3-5-15/h6-7,14-15H,2-5,8-13H2,1H3. The van der Waals surface area contributed by atoms with Crippen LogP contribution in [0.3, 0.4) is 0 Å². The van der Waals surface area contributed by atoms with E-state index in [2.05, 4.69) is 11.8 Å². The molecule has 3 aliphatic rings. The van der Waals surface area contributed by atoms with Crippen LogP contribution in [-0.2, 0) is 21.2 Å². The molecule has 0 aromatic heterocycles. The van der Waals surface area contributed by atoms with Gasteiger partial charge in [0.05, 0.1) is 4.90 Å². The predicted molar refractivity (Wildman–Crippen MR) is 101 cm³/mol. The highest BCUT2D eigenvalue weighted by molar-refractivity contribution is 7.89. The van der Waals surface area contributed by atoms with Crippen molar-refractivity contribution in [3.8, 4) is 0 Å². The predicted octanol–water partition coefficient (Wildman–Crippen LogP) is 1.70. The molecule has 1 saturated heterocycles. The summed E-state index contributed by atoms with van der Waals surface area (Å²) < 4.78 is 27.6. The Morgan fingerprint density at radius 2 is 1.85 bits per heavy atom. The van der Waals surface area contributed by atoms with Crippen molar-refractivity contribution in [3.05, 3.63) is 23.8 Å². The molecule has 0 unspecified atom stereocenters. The van der Waals surface area contributed by atoms with Crippen molar-refractivity contribution in [2.45, 2.75) is 37.5 Å². The molecule has 1 aliphatic carbocycles. The van der Waals surface area contributed by atoms with E-state index in [1.54, 1.807) is 16.4 Å². The van der Waals surface area contributed by atoms with Gasteiger partial charge in [0, 0.05) is 44.3 Å². The van der Waals surface area contributed by atoms with E-state index in [1.165, 1.54) is 0 Å². The van der Waals surface area contributed by atoms with E-state index in [1.807, 2.05) is 11.0 Å². The maximum absolute atomic E-state index is 13.0. The molecule has 0 atom stereocenters. The van der Waals surface area contributed by atoms with Gasteiger partial charge in [-0.3, -0.25) is 4.79 Å². The molecular formula is C19H27N3O3S. The van der Waals surface area contributed by atoms with Gasteiger partial charge in [-0.25, -0.2) is 8.42 Å². The molecule has 6 nitrogen and oxygen atoms in total. The van der Waals surface area contributed by atoms with Crippen LogP contribution in [0.2, 0.25) is 0 Å². The molecule has 0 spiro atoms. The Balaban J connectivity index is 1.53. The summed E-state index contributed by atoms with van der Waals surface area (Å²) in [6.07, 6.45) is 3.85. The number of piperazine rings is 1. The van der Waals surface area contributed by atoms with E-state index < -0.39 is 10.0 Å². The number of anilines is 1. The summed E-state index contributed by atoms with van der Waals surface area (Å²) >= 11 is 0. The van der Waals surface area contributed by atoms with Gasteiger partial charge in [0.15, 0.2) is 0 Å². The summed E-state index contributed by atoms with van der Waals surface area (Å²) in [5.41, 5.74) is 1.88. The zero-order valence-electron chi connectivity index (χ0n) is 15.4. The maximum Gasteiger partial charge on any atom is 0.243 e. The average molecular weight is 378 g/mol. The molecule has 0 bridgehead atoms. The molecule has 2 fully saturated rings. The van der Waals surface area contributed by atoms with Crippen LogP contribution in [-0.4, -0.2) is 62.8 Å². The van der Waals surface area contributed by atoms with Crippen LogP contribution in [0.15, 0.2) is 23.1 Å². The maximum atomic E-state index is 13.0. The molecule has 142 valence electrons. The van der Waals surface area contributed by atoms with Crippen LogP contribution in [0.4, 0.5) is 5.69 Å². The first-order valence-corrected chi connectivity index (χ1v) is 11.1. The molecule has 1 aromatic rings. The Morgan fingerprint density at radius 3 is 2.46 bits per heavy atom. The van der Waals surface area contributed by atoms with Crippen molar-refractivity contribution in [2.75, 3.05) is 44.2 Å². The largest absolute Gasteiger partial charge is 0.312 e. The minimum absolute atomic E-state index is 0.166. The highest BCUT2D eigenvalue weighted by Gasteiger charge is 2.35. The third kappa shape index (κ3) is 3.06. The van der Waals surface area contributed by atoms with Gasteiger partial charge in [-0.1, -0.05) is 13.3 Å². The number of amides is 1. The number of benzene rings is 1. The third-order valence-corrected chi connectivity index (χ3v) is 7.98. The van der Waals surface area contributed by atoms with Crippen molar-refractivity contribution in [1.29, 1.82) is 0 Å². The first-order valence-electron chi connectivity index (χ1n) is 9.67. The zero-order valence-corrected chi connectivity index (χ0v) is 16.2. The van der Waals surface area contributed by atoms with Crippen molar-refractivity contribution in [1.82, 2.24) is 9.21 Å². The summed E-state index contributed by atoms with van der Waals surface area (Å²) in [7, 11) is -3.46. The lowest BCUT2D eigenvalue weighted by Gasteiger charge is -2.33. The molecular weight excluding hydrogens is 350 g/mol. The lowest BCUT2D eigenvalue weighted by Crippen LogP contribution is -2.48. The Hall–Kier alpha value is -1.44. The van der Waals surface area contributed by atoms with Crippen LogP contribution in [0.1, 0.15) is 31.7 Å². The fourth-order valence-electron chi connectivity index (χ4n) is 4.08. The first-order chi connectivity index (χ1) is 12.5. The molecule has 2 heterocycles. The highest BCUT2D eigenvalue weighted by atomic mass is 32.2. The van der Waals surface area contributed by atoms with E-state index >= 15 is 0 Å². The smallest absolute Gasteiger partial charge is 0.243 e. The summed E-state index contributed by atoms with van der Waals surface area (Å²) in [5, 5.41) is 0. The summed E-state index contributed by atoms with van der Waals surface area (Å²) in [4.78, 5) is 17.1. The average Bonchev–Trinajstić information content (AvgIpc) is 3.03. The van der Waals surface area contributed by atoms with Gasteiger partial charge >= 0.3 is 0 Å². The number of fused-ring (bicyclic) bond motifs is 1. The van der Waals surface area contributed by atoms with Crippen LogP contribution in [0.25, 0.3) is 0 Å².